The molecule has 0 aliphatic heterocycles. The molecule has 3 heteroatoms. The highest BCUT2D eigenvalue weighted by Crippen LogP contribution is 2.32. The average molecular weight is 220 g/mol. The quantitative estimate of drug-likeness (QED) is 0.798. The molecule has 0 amide bonds. The summed E-state index contributed by atoms with van der Waals surface area (Å²) in [5.74, 6) is 0.860. The first-order valence-corrected chi connectivity index (χ1v) is 6.13. The van der Waals surface area contributed by atoms with Crippen molar-refractivity contribution < 1.29 is 5.11 Å². The number of aliphatic hydroxyl groups is 1. The van der Waals surface area contributed by atoms with E-state index in [1.807, 2.05) is 12.3 Å². The van der Waals surface area contributed by atoms with Crippen LogP contribution in [-0.2, 0) is 6.61 Å². The zero-order chi connectivity index (χ0) is 11.4. The fourth-order valence-corrected chi connectivity index (χ4v) is 2.03. The third-order valence-electron chi connectivity index (χ3n) is 3.07. The minimum absolute atomic E-state index is 0.0999. The Morgan fingerprint density at radius 1 is 1.50 bits per heavy atom. The van der Waals surface area contributed by atoms with E-state index in [4.69, 9.17) is 0 Å². The predicted octanol–water partition coefficient (Wildman–Crippen LogP) is 2.20. The number of aromatic nitrogens is 1. The first kappa shape index (κ1) is 11.4. The Balaban J connectivity index is 2.14. The molecule has 3 nitrogen and oxygen atoms in total. The second kappa shape index (κ2) is 5.30. The van der Waals surface area contributed by atoms with Gasteiger partial charge in [-0.2, -0.15) is 0 Å². The van der Waals surface area contributed by atoms with Crippen molar-refractivity contribution in [2.75, 3.05) is 18.0 Å². The summed E-state index contributed by atoms with van der Waals surface area (Å²) in [7, 11) is 0. The van der Waals surface area contributed by atoms with E-state index < -0.39 is 0 Å². The number of pyridine rings is 1. The van der Waals surface area contributed by atoms with Gasteiger partial charge in [-0.25, -0.2) is 0 Å². The molecule has 1 aromatic rings. The summed E-state index contributed by atoms with van der Waals surface area (Å²) in [5, 5.41) is 9.33. The van der Waals surface area contributed by atoms with Crippen molar-refractivity contribution in [1.29, 1.82) is 0 Å². The van der Waals surface area contributed by atoms with Crippen LogP contribution in [0.3, 0.4) is 0 Å². The van der Waals surface area contributed by atoms with Crippen LogP contribution in [0.25, 0.3) is 0 Å². The SMILES string of the molecule is CCCN(CC1CC1)c1cnccc1CO. The highest BCUT2D eigenvalue weighted by Gasteiger charge is 2.25. The summed E-state index contributed by atoms with van der Waals surface area (Å²) < 4.78 is 0. The normalized spacial score (nSPS) is 15.1. The molecule has 0 unspecified atom stereocenters. The maximum absolute atomic E-state index is 9.33. The summed E-state index contributed by atoms with van der Waals surface area (Å²) in [6, 6.07) is 1.91. The maximum Gasteiger partial charge on any atom is 0.0703 e. The minimum atomic E-state index is 0.0999. The van der Waals surface area contributed by atoms with Crippen LogP contribution < -0.4 is 4.90 Å². The smallest absolute Gasteiger partial charge is 0.0703 e. The first-order valence-electron chi connectivity index (χ1n) is 6.13. The van der Waals surface area contributed by atoms with Crippen LogP contribution in [0.5, 0.6) is 0 Å². The lowest BCUT2D eigenvalue weighted by Gasteiger charge is -2.25. The summed E-state index contributed by atoms with van der Waals surface area (Å²) in [4.78, 5) is 6.54. The number of anilines is 1. The Kier molecular flexibility index (Phi) is 3.78. The van der Waals surface area contributed by atoms with E-state index in [-0.39, 0.29) is 6.61 Å². The van der Waals surface area contributed by atoms with Gasteiger partial charge in [-0.05, 0) is 31.2 Å². The second-order valence-corrected chi connectivity index (χ2v) is 4.55. The molecule has 0 radical (unpaired) electrons. The molecule has 1 aliphatic carbocycles. The second-order valence-electron chi connectivity index (χ2n) is 4.55. The Labute approximate surface area is 97.1 Å². The van der Waals surface area contributed by atoms with E-state index in [9.17, 15) is 5.11 Å². The van der Waals surface area contributed by atoms with Crippen molar-refractivity contribution in [2.45, 2.75) is 32.8 Å². The van der Waals surface area contributed by atoms with Crippen molar-refractivity contribution >= 4 is 5.69 Å². The molecule has 0 bridgehead atoms. The van der Waals surface area contributed by atoms with Crippen molar-refractivity contribution in [3.63, 3.8) is 0 Å². The molecule has 0 saturated heterocycles. The first-order chi connectivity index (χ1) is 7.85. The van der Waals surface area contributed by atoms with Crippen LogP contribution in [0.15, 0.2) is 18.5 Å². The van der Waals surface area contributed by atoms with Gasteiger partial charge in [0.05, 0.1) is 18.5 Å². The molecule has 0 spiro atoms. The Morgan fingerprint density at radius 3 is 2.94 bits per heavy atom. The van der Waals surface area contributed by atoms with Crippen molar-refractivity contribution in [1.82, 2.24) is 4.98 Å². The van der Waals surface area contributed by atoms with Crippen LogP contribution in [-0.4, -0.2) is 23.2 Å². The van der Waals surface area contributed by atoms with E-state index in [0.717, 1.165) is 36.7 Å². The zero-order valence-corrected chi connectivity index (χ0v) is 9.89. The monoisotopic (exact) mass is 220 g/mol. The van der Waals surface area contributed by atoms with E-state index in [1.165, 1.54) is 12.8 Å². The summed E-state index contributed by atoms with van der Waals surface area (Å²) >= 11 is 0. The lowest BCUT2D eigenvalue weighted by atomic mass is 10.2. The minimum Gasteiger partial charge on any atom is -0.392 e. The third-order valence-corrected chi connectivity index (χ3v) is 3.07. The van der Waals surface area contributed by atoms with Gasteiger partial charge < -0.3 is 10.0 Å². The van der Waals surface area contributed by atoms with Crippen molar-refractivity contribution in [3.05, 3.63) is 24.0 Å². The standard InChI is InChI=1S/C13H20N2O/c1-2-7-15(9-11-3-4-11)13-8-14-6-5-12(13)10-16/h5-6,8,11,16H,2-4,7,9-10H2,1H3. The Morgan fingerprint density at radius 2 is 2.31 bits per heavy atom. The lowest BCUT2D eigenvalue weighted by Crippen LogP contribution is -2.27. The number of hydrogen-bond donors (Lipinski definition) is 1. The molecule has 0 aromatic carbocycles. The highest BCUT2D eigenvalue weighted by atomic mass is 16.3. The third kappa shape index (κ3) is 2.73. The molecular weight excluding hydrogens is 200 g/mol. The fraction of sp³-hybridized carbons (Fsp3) is 0.615. The molecule has 0 atom stereocenters. The molecule has 1 aromatic heterocycles. The molecule has 1 heterocycles. The van der Waals surface area contributed by atoms with Gasteiger partial charge in [-0.15, -0.1) is 0 Å². The van der Waals surface area contributed by atoms with Crippen LogP contribution in [0.2, 0.25) is 0 Å². The number of nitrogens with zero attached hydrogens (tertiary/aromatic N) is 2. The molecule has 16 heavy (non-hydrogen) atoms. The predicted molar refractivity (Wildman–Crippen MR) is 65.4 cm³/mol. The summed E-state index contributed by atoms with van der Waals surface area (Å²) in [6.07, 6.45) is 7.47. The summed E-state index contributed by atoms with van der Waals surface area (Å²) in [6.45, 7) is 4.46. The molecule has 2 rings (SSSR count). The van der Waals surface area contributed by atoms with Crippen molar-refractivity contribution in [2.24, 2.45) is 5.92 Å². The lowest BCUT2D eigenvalue weighted by molar-refractivity contribution is 0.282. The van der Waals surface area contributed by atoms with E-state index >= 15 is 0 Å². The highest BCUT2D eigenvalue weighted by molar-refractivity contribution is 5.51. The van der Waals surface area contributed by atoms with E-state index in [2.05, 4.69) is 16.8 Å². The molecule has 1 saturated carbocycles. The van der Waals surface area contributed by atoms with Crippen LogP contribution in [0.4, 0.5) is 5.69 Å². The van der Waals surface area contributed by atoms with Crippen LogP contribution in [0.1, 0.15) is 31.7 Å². The average Bonchev–Trinajstić information content (AvgIpc) is 3.12. The van der Waals surface area contributed by atoms with Crippen LogP contribution in [0, 0.1) is 5.92 Å². The topological polar surface area (TPSA) is 36.4 Å². The summed E-state index contributed by atoms with van der Waals surface area (Å²) in [5.41, 5.74) is 2.10. The van der Waals surface area contributed by atoms with Gasteiger partial charge in [-0.3, -0.25) is 4.98 Å². The number of rotatable bonds is 6. The zero-order valence-electron chi connectivity index (χ0n) is 9.89. The molecule has 1 N–H and O–H groups in total. The van der Waals surface area contributed by atoms with Gasteiger partial charge in [0.2, 0.25) is 0 Å². The Bertz CT molecular complexity index is 336. The van der Waals surface area contributed by atoms with Crippen LogP contribution >= 0.6 is 0 Å². The van der Waals surface area contributed by atoms with E-state index in [0.29, 0.717) is 0 Å². The van der Waals surface area contributed by atoms with E-state index in [1.54, 1.807) is 6.20 Å². The molecule has 1 aliphatic rings. The molecule has 1 fully saturated rings. The maximum atomic E-state index is 9.33. The van der Waals surface area contributed by atoms with Gasteiger partial charge in [-0.1, -0.05) is 6.92 Å². The van der Waals surface area contributed by atoms with Gasteiger partial charge in [0.1, 0.15) is 0 Å². The number of aliphatic hydroxyl groups excluding tert-OH is 1. The van der Waals surface area contributed by atoms with Gasteiger partial charge >= 0.3 is 0 Å². The fourth-order valence-electron chi connectivity index (χ4n) is 2.03. The van der Waals surface area contributed by atoms with Gasteiger partial charge in [0.25, 0.3) is 0 Å². The van der Waals surface area contributed by atoms with Gasteiger partial charge in [0, 0.05) is 24.8 Å². The molecule has 88 valence electrons. The van der Waals surface area contributed by atoms with Crippen molar-refractivity contribution in [3.8, 4) is 0 Å². The van der Waals surface area contributed by atoms with Gasteiger partial charge in [0.15, 0.2) is 0 Å². The largest absolute Gasteiger partial charge is 0.392 e. The molecular formula is C13H20N2O. The Hall–Kier alpha value is -1.09. The number of hydrogen-bond acceptors (Lipinski definition) is 3.